The Bertz CT molecular complexity index is 68.5. The predicted molar refractivity (Wildman–Crippen MR) is 36.0 cm³/mol. The van der Waals surface area contributed by atoms with E-state index in [9.17, 15) is 0 Å². The third-order valence-corrected chi connectivity index (χ3v) is 0.826. The van der Waals surface area contributed by atoms with Crippen LogP contribution >= 0.6 is 11.8 Å². The molecule has 2 heteroatoms. The van der Waals surface area contributed by atoms with Crippen LogP contribution in [0.15, 0.2) is 24.4 Å². The lowest BCUT2D eigenvalue weighted by Gasteiger charge is -1.81. The second-order valence-corrected chi connectivity index (χ2v) is 1.65. The van der Waals surface area contributed by atoms with Crippen molar-refractivity contribution in [2.24, 2.45) is 0 Å². The zero-order valence-electron chi connectivity index (χ0n) is 4.35. The second-order valence-electron chi connectivity index (χ2n) is 0.909. The highest BCUT2D eigenvalue weighted by atomic mass is 32.2. The van der Waals surface area contributed by atoms with E-state index in [-0.39, 0.29) is 0 Å². The predicted octanol–water partition coefficient (Wildman–Crippen LogP) is 1.55. The summed E-state index contributed by atoms with van der Waals surface area (Å²) >= 11 is 1.65. The largest absolute Gasteiger partial charge is 0.368 e. The number of hydrogen-bond donors (Lipinski definition) is 1. The topological polar surface area (TPSA) is 12.0 Å². The van der Waals surface area contributed by atoms with E-state index in [0.29, 0.717) is 0 Å². The zero-order valence-corrected chi connectivity index (χ0v) is 5.16. The van der Waals surface area contributed by atoms with Gasteiger partial charge in [0.2, 0.25) is 0 Å². The average molecular weight is 115 g/mol. The normalized spacial score (nSPS) is 9.29. The molecule has 0 aromatic carbocycles. The quantitative estimate of drug-likeness (QED) is 0.599. The molecule has 0 rings (SSSR count). The Kier molecular flexibility index (Phi) is 5.33. The lowest BCUT2D eigenvalue weighted by molar-refractivity contribution is 1.21. The van der Waals surface area contributed by atoms with Gasteiger partial charge in [0.1, 0.15) is 0 Å². The third kappa shape index (κ3) is 5.63. The Morgan fingerprint density at radius 2 is 2.43 bits per heavy atom. The summed E-state index contributed by atoms with van der Waals surface area (Å²) in [5.41, 5.74) is 0. The van der Waals surface area contributed by atoms with E-state index in [0.717, 1.165) is 0 Å². The smallest absolute Gasteiger partial charge is 0.00676 e. The van der Waals surface area contributed by atoms with Crippen molar-refractivity contribution in [3.63, 3.8) is 0 Å². The zero-order chi connectivity index (χ0) is 5.54. The van der Waals surface area contributed by atoms with Crippen LogP contribution in [0.3, 0.4) is 0 Å². The van der Waals surface area contributed by atoms with Gasteiger partial charge in [-0.25, -0.2) is 0 Å². The highest BCUT2D eigenvalue weighted by Crippen LogP contribution is 1.89. The third-order valence-electron chi connectivity index (χ3n) is 0.418. The number of hydrogen-bond acceptors (Lipinski definition) is 2. The SMILES string of the molecule is C=CN/C=C\SC. The molecule has 0 aliphatic rings. The molecule has 0 aliphatic carbocycles. The highest BCUT2D eigenvalue weighted by Gasteiger charge is 1.59. The molecule has 0 spiro atoms. The first-order chi connectivity index (χ1) is 3.41. The molecule has 0 radical (unpaired) electrons. The standard InChI is InChI=1S/C5H9NS/c1-3-6-4-5-7-2/h3-6H,1H2,2H3/b5-4-. The lowest BCUT2D eigenvalue weighted by Crippen LogP contribution is -1.87. The fourth-order valence-corrected chi connectivity index (χ4v) is 0.390. The first-order valence-electron chi connectivity index (χ1n) is 1.96. The van der Waals surface area contributed by atoms with Gasteiger partial charge in [-0.1, -0.05) is 6.58 Å². The van der Waals surface area contributed by atoms with Gasteiger partial charge >= 0.3 is 0 Å². The highest BCUT2D eigenvalue weighted by molar-refractivity contribution is 8.01. The van der Waals surface area contributed by atoms with Crippen molar-refractivity contribution in [3.05, 3.63) is 24.4 Å². The van der Waals surface area contributed by atoms with Crippen molar-refractivity contribution in [2.45, 2.75) is 0 Å². The summed E-state index contributed by atoms with van der Waals surface area (Å²) in [5, 5.41) is 4.76. The molecule has 1 nitrogen and oxygen atoms in total. The first-order valence-corrected chi connectivity index (χ1v) is 3.25. The molecule has 0 aliphatic heterocycles. The van der Waals surface area contributed by atoms with Gasteiger partial charge in [0, 0.05) is 6.20 Å². The molecular formula is C5H9NS. The van der Waals surface area contributed by atoms with Gasteiger partial charge in [-0.05, 0) is 17.9 Å². The van der Waals surface area contributed by atoms with E-state index in [1.54, 1.807) is 18.0 Å². The van der Waals surface area contributed by atoms with Crippen molar-refractivity contribution < 1.29 is 0 Å². The maximum atomic E-state index is 3.46. The molecule has 0 amide bonds. The minimum Gasteiger partial charge on any atom is -0.368 e. The van der Waals surface area contributed by atoms with Crippen LogP contribution in [0.4, 0.5) is 0 Å². The molecule has 0 saturated carbocycles. The average Bonchev–Trinajstić information content (AvgIpc) is 1.69. The van der Waals surface area contributed by atoms with Crippen LogP contribution in [0.5, 0.6) is 0 Å². The van der Waals surface area contributed by atoms with Crippen LogP contribution in [0.1, 0.15) is 0 Å². The minimum absolute atomic E-state index is 1.63. The van der Waals surface area contributed by atoms with E-state index >= 15 is 0 Å². The van der Waals surface area contributed by atoms with Gasteiger partial charge in [-0.3, -0.25) is 0 Å². The molecule has 0 bridgehead atoms. The Hall–Kier alpha value is -0.370. The van der Waals surface area contributed by atoms with Gasteiger partial charge in [-0.2, -0.15) is 0 Å². The van der Waals surface area contributed by atoms with Crippen LogP contribution in [0.25, 0.3) is 0 Å². The molecule has 1 N–H and O–H groups in total. The fourth-order valence-electron chi connectivity index (χ4n) is 0.175. The van der Waals surface area contributed by atoms with E-state index in [4.69, 9.17) is 0 Å². The summed E-state index contributed by atoms with van der Waals surface area (Å²) in [6.45, 7) is 3.46. The van der Waals surface area contributed by atoms with Gasteiger partial charge in [-0.15, -0.1) is 11.8 Å². The molecule has 7 heavy (non-hydrogen) atoms. The summed E-state index contributed by atoms with van der Waals surface area (Å²) < 4.78 is 0. The molecule has 0 aromatic heterocycles. The van der Waals surface area contributed by atoms with Crippen LogP contribution in [-0.2, 0) is 0 Å². The molecule has 0 aromatic rings. The summed E-state index contributed by atoms with van der Waals surface area (Å²) in [6.07, 6.45) is 5.46. The molecule has 0 unspecified atom stereocenters. The van der Waals surface area contributed by atoms with Crippen LogP contribution < -0.4 is 5.32 Å². The van der Waals surface area contributed by atoms with E-state index < -0.39 is 0 Å². The molecule has 0 heterocycles. The summed E-state index contributed by atoms with van der Waals surface area (Å²) in [4.78, 5) is 0. The first kappa shape index (κ1) is 6.63. The lowest BCUT2D eigenvalue weighted by atomic mass is 10.9. The van der Waals surface area contributed by atoms with Crippen molar-refractivity contribution >= 4 is 11.8 Å². The monoisotopic (exact) mass is 115 g/mol. The van der Waals surface area contributed by atoms with Crippen molar-refractivity contribution in [1.82, 2.24) is 5.32 Å². The van der Waals surface area contributed by atoms with Crippen LogP contribution in [0.2, 0.25) is 0 Å². The second kappa shape index (κ2) is 5.63. The maximum absolute atomic E-state index is 3.46. The van der Waals surface area contributed by atoms with E-state index in [1.807, 2.05) is 17.9 Å². The molecular weight excluding hydrogens is 106 g/mol. The molecule has 40 valence electrons. The summed E-state index contributed by atoms with van der Waals surface area (Å²) in [7, 11) is 0. The van der Waals surface area contributed by atoms with E-state index in [2.05, 4.69) is 11.9 Å². The number of thioether (sulfide) groups is 1. The number of nitrogens with one attached hydrogen (secondary N) is 1. The van der Waals surface area contributed by atoms with Gasteiger partial charge in [0.15, 0.2) is 0 Å². The van der Waals surface area contributed by atoms with Crippen LogP contribution in [0, 0.1) is 0 Å². The Labute approximate surface area is 48.5 Å². The van der Waals surface area contributed by atoms with Crippen molar-refractivity contribution in [1.29, 1.82) is 0 Å². The molecule has 0 fully saturated rings. The van der Waals surface area contributed by atoms with Crippen molar-refractivity contribution in [2.75, 3.05) is 6.26 Å². The van der Waals surface area contributed by atoms with Gasteiger partial charge < -0.3 is 5.32 Å². The van der Waals surface area contributed by atoms with Crippen LogP contribution in [-0.4, -0.2) is 6.26 Å². The van der Waals surface area contributed by atoms with Gasteiger partial charge in [0.25, 0.3) is 0 Å². The maximum Gasteiger partial charge on any atom is 0.00676 e. The molecule has 0 atom stereocenters. The molecule has 0 saturated heterocycles. The Morgan fingerprint density at radius 3 is 2.86 bits per heavy atom. The summed E-state index contributed by atoms with van der Waals surface area (Å²) in [5.74, 6) is 0. The summed E-state index contributed by atoms with van der Waals surface area (Å²) in [6, 6.07) is 0. The van der Waals surface area contributed by atoms with Crippen molar-refractivity contribution in [3.8, 4) is 0 Å². The Balaban J connectivity index is 2.92. The van der Waals surface area contributed by atoms with Gasteiger partial charge in [0.05, 0.1) is 0 Å². The fraction of sp³-hybridized carbons (Fsp3) is 0.200. The minimum atomic E-state index is 1.63. The van der Waals surface area contributed by atoms with E-state index in [1.165, 1.54) is 0 Å². The Morgan fingerprint density at radius 1 is 1.71 bits per heavy atom. The number of rotatable bonds is 3.